The van der Waals surface area contributed by atoms with Crippen molar-refractivity contribution in [3.63, 3.8) is 0 Å². The Morgan fingerprint density at radius 2 is 0.852 bits per heavy atom. The molecule has 0 heterocycles. The van der Waals surface area contributed by atoms with Crippen LogP contribution in [0.25, 0.3) is 0 Å². The third kappa shape index (κ3) is 28.6. The van der Waals surface area contributed by atoms with E-state index in [9.17, 15) is 4.79 Å². The molecule has 0 fully saturated rings. The van der Waals surface area contributed by atoms with Gasteiger partial charge >= 0.3 is 59.8 Å². The van der Waals surface area contributed by atoms with Crippen molar-refractivity contribution in [1.82, 2.24) is 0 Å². The summed E-state index contributed by atoms with van der Waals surface area (Å²) < 4.78 is 4.65. The van der Waals surface area contributed by atoms with Crippen LogP contribution in [0.2, 0.25) is 13.3 Å². The van der Waals surface area contributed by atoms with Gasteiger partial charge in [-0.25, -0.2) is 0 Å². The molecule has 1 radical (unpaired) electrons. The second kappa shape index (κ2) is 26.3. The van der Waals surface area contributed by atoms with Crippen LogP contribution < -0.4 is 0 Å². The van der Waals surface area contributed by atoms with Crippen LogP contribution in [0.1, 0.15) is 130 Å². The van der Waals surface area contributed by atoms with E-state index in [1.807, 2.05) is 0 Å². The van der Waals surface area contributed by atoms with Crippen LogP contribution in [0.4, 0.5) is 0 Å². The maximum atomic E-state index is 10.3. The second-order valence-corrected chi connectivity index (χ2v) is 18.2. The first-order chi connectivity index (χ1) is 13.1. The Kier molecular flexibility index (Phi) is 28.7. The van der Waals surface area contributed by atoms with E-state index in [0.29, 0.717) is 6.42 Å². The summed E-state index contributed by atoms with van der Waals surface area (Å²) >= 11 is -0.653. The predicted molar refractivity (Wildman–Crippen MR) is 124 cm³/mol. The molecule has 0 aliphatic rings. The second-order valence-electron chi connectivity index (χ2n) is 7.90. The van der Waals surface area contributed by atoms with Gasteiger partial charge in [-0.3, -0.25) is 4.79 Å². The number of carboxylic acid groups (broad SMARTS) is 1. The van der Waals surface area contributed by atoms with Gasteiger partial charge in [0, 0.05) is 6.42 Å². The molecule has 0 aliphatic heterocycles. The van der Waals surface area contributed by atoms with Crippen LogP contribution in [0, 0.1) is 0 Å². The molecule has 0 aromatic heterocycles. The number of carboxylic acids is 1. The Morgan fingerprint density at radius 1 is 0.556 bits per heavy atom. The summed E-state index contributed by atoms with van der Waals surface area (Å²) in [4.78, 5) is 10.3. The molecule has 0 amide bonds. The summed E-state index contributed by atoms with van der Waals surface area (Å²) in [5.41, 5.74) is 0. The predicted octanol–water partition coefficient (Wildman–Crippen LogP) is 8.87. The Morgan fingerprint density at radius 3 is 1.07 bits per heavy atom. The maximum absolute atomic E-state index is 10.3. The molecule has 1 N–H and O–H groups in total. The summed E-state index contributed by atoms with van der Waals surface area (Å²) in [5, 5.41) is 8.52. The van der Waals surface area contributed by atoms with E-state index in [2.05, 4.69) is 27.7 Å². The quantitative estimate of drug-likeness (QED) is 0.145. The zero-order valence-electron chi connectivity index (χ0n) is 19.3. The van der Waals surface area contributed by atoms with Crippen molar-refractivity contribution >= 4 is 25.7 Å². The minimum absolute atomic E-state index is 0.345. The number of unbranched alkanes of at least 4 members (excludes halogenated alkanes) is 14. The molecule has 0 rings (SSSR count). The van der Waals surface area contributed by atoms with E-state index in [4.69, 9.17) is 5.11 Å². The van der Waals surface area contributed by atoms with Crippen molar-refractivity contribution in [2.24, 2.45) is 0 Å². The molecule has 3 heteroatoms. The van der Waals surface area contributed by atoms with Crippen LogP contribution in [0.15, 0.2) is 0 Å². The molecule has 0 aliphatic carbocycles. The van der Waals surface area contributed by atoms with Crippen molar-refractivity contribution < 1.29 is 9.90 Å². The van der Waals surface area contributed by atoms with Gasteiger partial charge in [-0.2, -0.15) is 0 Å². The fourth-order valence-electron chi connectivity index (χ4n) is 3.40. The van der Waals surface area contributed by atoms with Gasteiger partial charge < -0.3 is 5.11 Å². The van der Waals surface area contributed by atoms with Gasteiger partial charge in [0.15, 0.2) is 0 Å². The van der Waals surface area contributed by atoms with E-state index in [1.54, 1.807) is 13.3 Å². The molecule has 163 valence electrons. The molecule has 0 atom stereocenters. The summed E-state index contributed by atoms with van der Waals surface area (Å²) in [7, 11) is 0. The first-order valence-corrected chi connectivity index (χ1v) is 18.2. The van der Waals surface area contributed by atoms with Crippen molar-refractivity contribution in [3.05, 3.63) is 0 Å². The first kappa shape index (κ1) is 29.5. The van der Waals surface area contributed by atoms with Crippen molar-refractivity contribution in [3.8, 4) is 0 Å². The van der Waals surface area contributed by atoms with E-state index < -0.39 is 25.7 Å². The first-order valence-electron chi connectivity index (χ1n) is 12.2. The average molecular weight is 490 g/mol. The zero-order chi connectivity index (χ0) is 20.6. The number of hydrogen-bond donors (Lipinski definition) is 1. The Bertz CT molecular complexity index is 272. The fourth-order valence-corrected chi connectivity index (χ4v) is 7.68. The van der Waals surface area contributed by atoms with Crippen molar-refractivity contribution in [2.45, 2.75) is 144 Å². The van der Waals surface area contributed by atoms with E-state index >= 15 is 0 Å². The van der Waals surface area contributed by atoms with Crippen LogP contribution in [-0.4, -0.2) is 30.8 Å². The van der Waals surface area contributed by atoms with Gasteiger partial charge in [0.2, 0.25) is 0 Å². The molecule has 0 spiro atoms. The van der Waals surface area contributed by atoms with Crippen molar-refractivity contribution in [1.29, 1.82) is 0 Å². The van der Waals surface area contributed by atoms with Crippen LogP contribution in [0.3, 0.4) is 0 Å². The van der Waals surface area contributed by atoms with Gasteiger partial charge in [-0.15, -0.1) is 0 Å². The van der Waals surface area contributed by atoms with E-state index in [0.717, 1.165) is 12.8 Å². The number of hydrogen-bond acceptors (Lipinski definition) is 1. The number of rotatable bonds is 19. The minimum atomic E-state index is -0.653. The van der Waals surface area contributed by atoms with Crippen LogP contribution in [-0.2, 0) is 4.79 Å². The number of carbonyl (C=O) groups is 1. The van der Waals surface area contributed by atoms with Crippen molar-refractivity contribution in [2.75, 3.05) is 0 Å². The molecule has 0 saturated heterocycles. The molecule has 0 unspecified atom stereocenters. The number of aliphatic carboxylic acids is 1. The van der Waals surface area contributed by atoms with Gasteiger partial charge in [0.25, 0.3) is 0 Å². The third-order valence-electron chi connectivity index (χ3n) is 5.49. The molecule has 27 heavy (non-hydrogen) atoms. The SMILES string of the molecule is CCCCCCCCCCCCCCCCCC(=O)O.C[CH2][Sn]([CH2]C)[CH2]C. The summed E-state index contributed by atoms with van der Waals surface area (Å²) in [6, 6.07) is 0. The third-order valence-corrected chi connectivity index (χ3v) is 14.1. The zero-order valence-corrected chi connectivity index (χ0v) is 22.1. The van der Waals surface area contributed by atoms with Gasteiger partial charge in [0.05, 0.1) is 0 Å². The Balaban J connectivity index is 0. The van der Waals surface area contributed by atoms with E-state index in [1.165, 1.54) is 83.5 Å². The fraction of sp³-hybridized carbons (Fsp3) is 0.958. The summed E-state index contributed by atoms with van der Waals surface area (Å²) in [5.74, 6) is -0.653. The Hall–Kier alpha value is 0.269. The average Bonchev–Trinajstić information content (AvgIpc) is 2.66. The molecule has 0 aromatic carbocycles. The van der Waals surface area contributed by atoms with Gasteiger partial charge in [-0.05, 0) is 6.42 Å². The summed E-state index contributed by atoms with van der Waals surface area (Å²) in [6.07, 6.45) is 20.2. The van der Waals surface area contributed by atoms with Crippen LogP contribution >= 0.6 is 0 Å². The standard InChI is InChI=1S/C18H36O2.3C2H5.Sn/c1-2-3-4-5-6-7-8-9-10-11-12-13-14-15-16-17-18(19)20;3*1-2;/h2-17H2,1H3,(H,19,20);3*1H2,2H3;. The molecular formula is C24H51O2Sn. The van der Waals surface area contributed by atoms with E-state index in [-0.39, 0.29) is 0 Å². The molecule has 2 nitrogen and oxygen atoms in total. The van der Waals surface area contributed by atoms with Crippen LogP contribution in [0.5, 0.6) is 0 Å². The van der Waals surface area contributed by atoms with Gasteiger partial charge in [-0.1, -0.05) is 96.8 Å². The normalized spacial score (nSPS) is 10.7. The summed E-state index contributed by atoms with van der Waals surface area (Å²) in [6.45, 7) is 9.32. The topological polar surface area (TPSA) is 37.3 Å². The monoisotopic (exact) mass is 491 g/mol. The van der Waals surface area contributed by atoms with Gasteiger partial charge in [0.1, 0.15) is 0 Å². The molecule has 0 saturated carbocycles. The molecular weight excluding hydrogens is 439 g/mol. The molecule has 0 bridgehead atoms. The Labute approximate surface area is 179 Å². The molecule has 0 aromatic rings.